The van der Waals surface area contributed by atoms with Gasteiger partial charge in [0.1, 0.15) is 5.75 Å². The first-order valence-electron chi connectivity index (χ1n) is 6.60. The lowest BCUT2D eigenvalue weighted by molar-refractivity contribution is 0.303. The molecule has 1 saturated carbocycles. The Hall–Kier alpha value is -1.03. The van der Waals surface area contributed by atoms with Crippen molar-refractivity contribution in [2.75, 3.05) is 0 Å². The van der Waals surface area contributed by atoms with E-state index in [9.17, 15) is 0 Å². The normalized spacial score (nSPS) is 15.9. The van der Waals surface area contributed by atoms with Crippen molar-refractivity contribution in [3.8, 4) is 5.75 Å². The number of ether oxygens (including phenoxy) is 1. The van der Waals surface area contributed by atoms with E-state index in [-0.39, 0.29) is 6.04 Å². The maximum Gasteiger partial charge on any atom is 0.119 e. The van der Waals surface area contributed by atoms with Gasteiger partial charge in [-0.1, -0.05) is 45.7 Å². The van der Waals surface area contributed by atoms with Gasteiger partial charge in [-0.15, -0.1) is 0 Å². The maximum atomic E-state index is 6.32. The zero-order chi connectivity index (χ0) is 14.1. The largest absolute Gasteiger partial charge is 0.490 e. The number of hydrogen-bond acceptors (Lipinski definition) is 2. The number of hydrogen-bond donors (Lipinski definition) is 1. The van der Waals surface area contributed by atoms with Crippen molar-refractivity contribution in [1.29, 1.82) is 0 Å². The van der Waals surface area contributed by atoms with Gasteiger partial charge in [-0.2, -0.15) is 0 Å². The molecule has 1 aliphatic rings. The van der Waals surface area contributed by atoms with Crippen molar-refractivity contribution in [2.45, 2.75) is 25.0 Å². The molecule has 2 N–H and O–H groups in total. The van der Waals surface area contributed by atoms with E-state index in [0.29, 0.717) is 11.1 Å². The number of nitrogens with two attached hydrogens (primary N) is 1. The molecule has 1 atom stereocenters. The average Bonchev–Trinajstić information content (AvgIpc) is 3.23. The van der Waals surface area contributed by atoms with Crippen LogP contribution in [0.2, 0.25) is 5.02 Å². The van der Waals surface area contributed by atoms with Crippen LogP contribution in [0.3, 0.4) is 0 Å². The Morgan fingerprint density at radius 3 is 2.45 bits per heavy atom. The molecule has 0 spiro atoms. The third kappa shape index (κ3) is 3.17. The van der Waals surface area contributed by atoms with E-state index in [2.05, 4.69) is 15.9 Å². The molecule has 0 saturated heterocycles. The van der Waals surface area contributed by atoms with E-state index in [4.69, 9.17) is 22.1 Å². The van der Waals surface area contributed by atoms with Crippen molar-refractivity contribution < 1.29 is 4.74 Å². The summed E-state index contributed by atoms with van der Waals surface area (Å²) in [5, 5.41) is 0.695. The minimum atomic E-state index is -0.184. The second-order valence-electron chi connectivity index (χ2n) is 5.03. The number of rotatable bonds is 4. The van der Waals surface area contributed by atoms with Gasteiger partial charge in [0.05, 0.1) is 12.1 Å². The molecule has 1 unspecified atom stereocenters. The molecular formula is C16H15BrClNO. The summed E-state index contributed by atoms with van der Waals surface area (Å²) in [5.74, 6) is 0.915. The second-order valence-corrected chi connectivity index (χ2v) is 6.32. The number of benzene rings is 2. The first kappa shape index (κ1) is 13.9. The van der Waals surface area contributed by atoms with Gasteiger partial charge in [-0.25, -0.2) is 0 Å². The van der Waals surface area contributed by atoms with Crippen molar-refractivity contribution >= 4 is 27.5 Å². The first-order valence-corrected chi connectivity index (χ1v) is 7.78. The minimum Gasteiger partial charge on any atom is -0.490 e. The van der Waals surface area contributed by atoms with E-state index in [1.165, 1.54) is 12.8 Å². The Balaban J connectivity index is 1.80. The van der Waals surface area contributed by atoms with Gasteiger partial charge in [0.15, 0.2) is 0 Å². The molecular weight excluding hydrogens is 338 g/mol. The molecule has 1 fully saturated rings. The van der Waals surface area contributed by atoms with Crippen LogP contribution in [0.5, 0.6) is 5.75 Å². The highest BCUT2D eigenvalue weighted by molar-refractivity contribution is 9.10. The van der Waals surface area contributed by atoms with Crippen LogP contribution in [0.15, 0.2) is 46.9 Å². The fraction of sp³-hybridized carbons (Fsp3) is 0.250. The van der Waals surface area contributed by atoms with Crippen molar-refractivity contribution in [2.24, 2.45) is 5.73 Å². The molecule has 2 aromatic carbocycles. The lowest BCUT2D eigenvalue weighted by Crippen LogP contribution is -2.12. The van der Waals surface area contributed by atoms with Gasteiger partial charge >= 0.3 is 0 Å². The predicted molar refractivity (Wildman–Crippen MR) is 85.3 cm³/mol. The first-order chi connectivity index (χ1) is 9.63. The Labute approximate surface area is 132 Å². The minimum absolute atomic E-state index is 0.184. The quantitative estimate of drug-likeness (QED) is 0.866. The standard InChI is InChI=1S/C16H15BrClNO/c17-15-9-11(18)3-8-14(15)16(19)10-1-4-12(5-2-10)20-13-6-7-13/h1-5,8-9,13,16H,6-7,19H2. The summed E-state index contributed by atoms with van der Waals surface area (Å²) in [6, 6.07) is 13.5. The molecule has 20 heavy (non-hydrogen) atoms. The van der Waals surface area contributed by atoms with E-state index < -0.39 is 0 Å². The summed E-state index contributed by atoms with van der Waals surface area (Å²) >= 11 is 9.47. The highest BCUT2D eigenvalue weighted by atomic mass is 79.9. The Bertz CT molecular complexity index is 610. The maximum absolute atomic E-state index is 6.32. The molecule has 2 aromatic rings. The van der Waals surface area contributed by atoms with Crippen molar-refractivity contribution in [3.05, 3.63) is 63.1 Å². The van der Waals surface area contributed by atoms with Gasteiger partial charge in [0, 0.05) is 9.50 Å². The molecule has 0 aromatic heterocycles. The fourth-order valence-corrected chi connectivity index (χ4v) is 2.99. The van der Waals surface area contributed by atoms with Gasteiger partial charge in [0.2, 0.25) is 0 Å². The topological polar surface area (TPSA) is 35.2 Å². The molecule has 2 nitrogen and oxygen atoms in total. The molecule has 0 bridgehead atoms. The summed E-state index contributed by atoms with van der Waals surface area (Å²) in [4.78, 5) is 0. The summed E-state index contributed by atoms with van der Waals surface area (Å²) in [7, 11) is 0. The third-order valence-electron chi connectivity index (χ3n) is 3.36. The Kier molecular flexibility index (Phi) is 4.01. The zero-order valence-corrected chi connectivity index (χ0v) is 13.2. The van der Waals surface area contributed by atoms with Gasteiger partial charge in [-0.05, 0) is 48.2 Å². The highest BCUT2D eigenvalue weighted by Crippen LogP contribution is 2.31. The summed E-state index contributed by atoms with van der Waals surface area (Å²) in [6.45, 7) is 0. The van der Waals surface area contributed by atoms with Gasteiger partial charge in [-0.3, -0.25) is 0 Å². The predicted octanol–water partition coefficient (Wildman–Crippen LogP) is 4.69. The summed E-state index contributed by atoms with van der Waals surface area (Å²) in [6.07, 6.45) is 2.75. The lowest BCUT2D eigenvalue weighted by Gasteiger charge is -2.15. The van der Waals surface area contributed by atoms with E-state index in [0.717, 1.165) is 21.3 Å². The smallest absolute Gasteiger partial charge is 0.119 e. The van der Waals surface area contributed by atoms with Gasteiger partial charge in [0.25, 0.3) is 0 Å². The molecule has 1 aliphatic carbocycles. The SMILES string of the molecule is NC(c1ccc(OC2CC2)cc1)c1ccc(Cl)cc1Br. The molecule has 0 radical (unpaired) electrons. The number of halogens is 2. The molecule has 4 heteroatoms. The third-order valence-corrected chi connectivity index (χ3v) is 4.29. The Morgan fingerprint density at radius 1 is 1.15 bits per heavy atom. The van der Waals surface area contributed by atoms with E-state index in [1.807, 2.05) is 42.5 Å². The second kappa shape index (κ2) is 5.76. The van der Waals surface area contributed by atoms with Crippen LogP contribution in [0.4, 0.5) is 0 Å². The zero-order valence-electron chi connectivity index (χ0n) is 10.9. The molecule has 0 amide bonds. The fourth-order valence-electron chi connectivity index (χ4n) is 2.07. The average molecular weight is 353 g/mol. The van der Waals surface area contributed by atoms with E-state index >= 15 is 0 Å². The van der Waals surface area contributed by atoms with Crippen LogP contribution < -0.4 is 10.5 Å². The molecule has 0 aliphatic heterocycles. The lowest BCUT2D eigenvalue weighted by atomic mass is 10.00. The summed E-state index contributed by atoms with van der Waals surface area (Å²) in [5.41, 5.74) is 8.39. The van der Waals surface area contributed by atoms with Crippen LogP contribution in [0, 0.1) is 0 Å². The van der Waals surface area contributed by atoms with Crippen LogP contribution in [0.1, 0.15) is 30.0 Å². The van der Waals surface area contributed by atoms with Gasteiger partial charge < -0.3 is 10.5 Å². The van der Waals surface area contributed by atoms with Crippen molar-refractivity contribution in [1.82, 2.24) is 0 Å². The molecule has 0 heterocycles. The highest BCUT2D eigenvalue weighted by Gasteiger charge is 2.23. The van der Waals surface area contributed by atoms with Crippen molar-refractivity contribution in [3.63, 3.8) is 0 Å². The van der Waals surface area contributed by atoms with Crippen LogP contribution in [-0.4, -0.2) is 6.10 Å². The molecule has 3 rings (SSSR count). The summed E-state index contributed by atoms with van der Waals surface area (Å²) < 4.78 is 6.66. The van der Waals surface area contributed by atoms with Crippen LogP contribution in [-0.2, 0) is 0 Å². The van der Waals surface area contributed by atoms with E-state index in [1.54, 1.807) is 0 Å². The Morgan fingerprint density at radius 2 is 1.85 bits per heavy atom. The molecule has 104 valence electrons. The van der Waals surface area contributed by atoms with Crippen LogP contribution in [0.25, 0.3) is 0 Å². The van der Waals surface area contributed by atoms with Crippen LogP contribution >= 0.6 is 27.5 Å². The monoisotopic (exact) mass is 351 g/mol.